The fourth-order valence-corrected chi connectivity index (χ4v) is 2.69. The Morgan fingerprint density at radius 3 is 2.77 bits per heavy atom. The lowest BCUT2D eigenvalue weighted by atomic mass is 10.2. The van der Waals surface area contributed by atoms with Crippen molar-refractivity contribution >= 4 is 16.7 Å². The Morgan fingerprint density at radius 1 is 1.27 bits per heavy atom. The van der Waals surface area contributed by atoms with Crippen molar-refractivity contribution in [2.45, 2.75) is 20.0 Å². The molecule has 0 aliphatic rings. The van der Waals surface area contributed by atoms with Crippen LogP contribution in [0.2, 0.25) is 0 Å². The van der Waals surface area contributed by atoms with Crippen molar-refractivity contribution in [2.75, 3.05) is 20.2 Å². The molecule has 0 bridgehead atoms. The molecule has 0 radical (unpaired) electrons. The van der Waals surface area contributed by atoms with Crippen LogP contribution in [0.3, 0.4) is 0 Å². The van der Waals surface area contributed by atoms with Crippen LogP contribution >= 0.6 is 0 Å². The van der Waals surface area contributed by atoms with Crippen LogP contribution in [0.5, 0.6) is 0 Å². The number of fused-ring (bicyclic) bond motifs is 3. The zero-order valence-corrected chi connectivity index (χ0v) is 12.7. The summed E-state index contributed by atoms with van der Waals surface area (Å²) in [5.74, 6) is 1.31. The number of aliphatic hydroxyl groups is 1. The molecule has 1 aromatic carbocycles. The van der Waals surface area contributed by atoms with E-state index < -0.39 is 0 Å². The summed E-state index contributed by atoms with van der Waals surface area (Å²) >= 11 is 0. The minimum absolute atomic E-state index is 0.0479. The van der Waals surface area contributed by atoms with Crippen molar-refractivity contribution in [3.8, 4) is 0 Å². The van der Waals surface area contributed by atoms with Crippen molar-refractivity contribution in [2.24, 2.45) is 0 Å². The maximum absolute atomic E-state index is 12.5. The Hall–Kier alpha value is -2.25. The largest absolute Gasteiger partial charge is 0.395 e. The van der Waals surface area contributed by atoms with Crippen LogP contribution in [-0.4, -0.2) is 49.4 Å². The normalized spacial score (nSPS) is 11.8. The van der Waals surface area contributed by atoms with E-state index in [1.807, 2.05) is 47.5 Å². The minimum Gasteiger partial charge on any atom is -0.395 e. The monoisotopic (exact) mass is 301 g/mol. The Balaban J connectivity index is 2.29. The first kappa shape index (κ1) is 14.7. The lowest BCUT2D eigenvalue weighted by Crippen LogP contribution is -2.25. The van der Waals surface area contributed by atoms with Gasteiger partial charge in [0, 0.05) is 13.1 Å². The van der Waals surface area contributed by atoms with Crippen molar-refractivity contribution in [1.29, 1.82) is 0 Å². The first-order valence-electron chi connectivity index (χ1n) is 7.32. The second-order valence-electron chi connectivity index (χ2n) is 5.28. The van der Waals surface area contributed by atoms with Gasteiger partial charge in [0.15, 0.2) is 5.82 Å². The highest BCUT2D eigenvalue weighted by Gasteiger charge is 2.16. The number of aromatic nitrogens is 4. The Bertz CT molecular complexity index is 867. The molecule has 3 rings (SSSR count). The van der Waals surface area contributed by atoms with Gasteiger partial charge in [0.1, 0.15) is 0 Å². The number of likely N-dealkylation sites (N-methyl/N-ethyl adjacent to an activating group) is 1. The van der Waals surface area contributed by atoms with Gasteiger partial charge in [-0.1, -0.05) is 12.1 Å². The summed E-state index contributed by atoms with van der Waals surface area (Å²) in [6, 6.07) is 7.49. The molecular formula is C15H19N5O2. The molecule has 0 unspecified atom stereocenters. The lowest BCUT2D eigenvalue weighted by molar-refractivity contribution is 0.214. The van der Waals surface area contributed by atoms with E-state index in [0.717, 1.165) is 11.3 Å². The summed E-state index contributed by atoms with van der Waals surface area (Å²) in [6.45, 7) is 3.65. The lowest BCUT2D eigenvalue weighted by Gasteiger charge is -2.14. The fraction of sp³-hybridized carbons (Fsp3) is 0.400. The molecule has 7 nitrogen and oxygen atoms in total. The van der Waals surface area contributed by atoms with Crippen molar-refractivity contribution < 1.29 is 5.11 Å². The average Bonchev–Trinajstić information content (AvgIpc) is 2.92. The SMILES string of the molecule is CCn1c(=O)c2ccccc2n2c(CN(C)CCO)nnc12. The average molecular weight is 301 g/mol. The highest BCUT2D eigenvalue weighted by atomic mass is 16.3. The summed E-state index contributed by atoms with van der Waals surface area (Å²) in [6.07, 6.45) is 0. The molecule has 7 heteroatoms. The second kappa shape index (κ2) is 5.86. The number of rotatable bonds is 5. The highest BCUT2D eigenvalue weighted by molar-refractivity contribution is 5.80. The van der Waals surface area contributed by atoms with E-state index in [1.54, 1.807) is 4.57 Å². The molecule has 22 heavy (non-hydrogen) atoms. The van der Waals surface area contributed by atoms with Crippen LogP contribution in [0.1, 0.15) is 12.7 Å². The Kier molecular flexibility index (Phi) is 3.91. The molecule has 3 aromatic rings. The standard InChI is InChI=1S/C15H19N5O2/c1-3-19-14(22)11-6-4-5-7-12(11)20-13(16-17-15(19)20)10-18(2)8-9-21/h4-7,21H,3,8-10H2,1-2H3. The van der Waals surface area contributed by atoms with Crippen LogP contribution in [0.4, 0.5) is 0 Å². The molecule has 0 aliphatic carbocycles. The number of aliphatic hydroxyl groups excluding tert-OH is 1. The molecular weight excluding hydrogens is 282 g/mol. The molecule has 0 spiro atoms. The van der Waals surface area contributed by atoms with Gasteiger partial charge in [0.05, 0.1) is 24.1 Å². The van der Waals surface area contributed by atoms with Gasteiger partial charge in [0.25, 0.3) is 5.56 Å². The van der Waals surface area contributed by atoms with Gasteiger partial charge in [-0.2, -0.15) is 0 Å². The third kappa shape index (κ3) is 2.28. The van der Waals surface area contributed by atoms with Crippen LogP contribution in [0, 0.1) is 0 Å². The maximum atomic E-state index is 12.5. The molecule has 0 saturated heterocycles. The highest BCUT2D eigenvalue weighted by Crippen LogP contribution is 2.15. The van der Waals surface area contributed by atoms with Crippen LogP contribution in [0.25, 0.3) is 16.7 Å². The summed E-state index contributed by atoms with van der Waals surface area (Å²) in [5.41, 5.74) is 0.762. The number of benzene rings is 1. The predicted molar refractivity (Wildman–Crippen MR) is 83.8 cm³/mol. The molecule has 0 saturated carbocycles. The summed E-state index contributed by atoms with van der Waals surface area (Å²) < 4.78 is 3.55. The van der Waals surface area contributed by atoms with Crippen molar-refractivity contribution in [3.05, 3.63) is 40.4 Å². The van der Waals surface area contributed by atoms with E-state index in [1.165, 1.54) is 0 Å². The summed E-state index contributed by atoms with van der Waals surface area (Å²) in [4.78, 5) is 14.5. The van der Waals surface area contributed by atoms with Gasteiger partial charge in [-0.05, 0) is 26.1 Å². The molecule has 0 amide bonds. The van der Waals surface area contributed by atoms with Gasteiger partial charge in [-0.25, -0.2) is 0 Å². The fourth-order valence-electron chi connectivity index (χ4n) is 2.69. The quantitative estimate of drug-likeness (QED) is 0.742. The molecule has 2 aromatic heterocycles. The van der Waals surface area contributed by atoms with Gasteiger partial charge >= 0.3 is 0 Å². The number of hydrogen-bond donors (Lipinski definition) is 1. The van der Waals surface area contributed by atoms with Crippen molar-refractivity contribution in [1.82, 2.24) is 24.1 Å². The third-order valence-electron chi connectivity index (χ3n) is 3.78. The first-order valence-corrected chi connectivity index (χ1v) is 7.32. The first-order chi connectivity index (χ1) is 10.7. The summed E-state index contributed by atoms with van der Waals surface area (Å²) in [5, 5.41) is 18.1. The van der Waals surface area contributed by atoms with Crippen molar-refractivity contribution in [3.63, 3.8) is 0 Å². The Labute approximate surface area is 127 Å². The number of aryl methyl sites for hydroxylation is 1. The Morgan fingerprint density at radius 2 is 2.05 bits per heavy atom. The van der Waals surface area contributed by atoms with E-state index in [2.05, 4.69) is 10.2 Å². The molecule has 116 valence electrons. The van der Waals surface area contributed by atoms with E-state index >= 15 is 0 Å². The molecule has 2 heterocycles. The van der Waals surface area contributed by atoms with E-state index in [0.29, 0.717) is 30.8 Å². The van der Waals surface area contributed by atoms with Crippen LogP contribution < -0.4 is 5.56 Å². The molecule has 0 fully saturated rings. The number of hydrogen-bond acceptors (Lipinski definition) is 5. The van der Waals surface area contributed by atoms with E-state index in [4.69, 9.17) is 5.11 Å². The van der Waals surface area contributed by atoms with Gasteiger partial charge < -0.3 is 5.11 Å². The molecule has 0 atom stereocenters. The van der Waals surface area contributed by atoms with Crippen LogP contribution in [-0.2, 0) is 13.1 Å². The van der Waals surface area contributed by atoms with Crippen LogP contribution in [0.15, 0.2) is 29.1 Å². The predicted octanol–water partition coefficient (Wildman–Crippen LogP) is 0.488. The molecule has 1 N–H and O–H groups in total. The van der Waals surface area contributed by atoms with Gasteiger partial charge in [-0.3, -0.25) is 18.7 Å². The molecule has 0 aliphatic heterocycles. The topological polar surface area (TPSA) is 75.7 Å². The van der Waals surface area contributed by atoms with E-state index in [-0.39, 0.29) is 12.2 Å². The zero-order chi connectivity index (χ0) is 15.7. The number of para-hydroxylation sites is 1. The number of nitrogens with zero attached hydrogens (tertiary/aromatic N) is 5. The van der Waals surface area contributed by atoms with Gasteiger partial charge in [0.2, 0.25) is 5.78 Å². The third-order valence-corrected chi connectivity index (χ3v) is 3.78. The van der Waals surface area contributed by atoms with E-state index in [9.17, 15) is 4.79 Å². The smallest absolute Gasteiger partial charge is 0.262 e. The minimum atomic E-state index is -0.0479. The zero-order valence-electron chi connectivity index (χ0n) is 12.7. The summed E-state index contributed by atoms with van der Waals surface area (Å²) in [7, 11) is 1.91. The second-order valence-corrected chi connectivity index (χ2v) is 5.28. The van der Waals surface area contributed by atoms with Gasteiger partial charge in [-0.15, -0.1) is 10.2 Å². The maximum Gasteiger partial charge on any atom is 0.262 e.